The molecule has 1 aromatic carbocycles. The van der Waals surface area contributed by atoms with Crippen LogP contribution in [0.25, 0.3) is 11.3 Å². The Morgan fingerprint density at radius 2 is 1.82 bits per heavy atom. The van der Waals surface area contributed by atoms with Crippen molar-refractivity contribution in [1.82, 2.24) is 15.3 Å². The number of hydrogen-bond donors (Lipinski definition) is 2. The number of carboxylic acid groups (broad SMARTS) is 1. The van der Waals surface area contributed by atoms with E-state index in [1.165, 1.54) is 0 Å². The molecule has 4 atom stereocenters. The molecule has 11 nitrogen and oxygen atoms in total. The van der Waals surface area contributed by atoms with E-state index < -0.39 is 5.97 Å². The molecule has 11 heteroatoms. The van der Waals surface area contributed by atoms with Crippen LogP contribution in [0.1, 0.15) is 19.3 Å². The van der Waals surface area contributed by atoms with Gasteiger partial charge in [0.05, 0.1) is 31.0 Å². The van der Waals surface area contributed by atoms with E-state index in [-0.39, 0.29) is 56.3 Å². The second-order valence-electron chi connectivity index (χ2n) is 8.08. The van der Waals surface area contributed by atoms with Crippen molar-refractivity contribution < 1.29 is 33.6 Å². The number of aromatic nitrogens is 2. The standard InChI is InChI=1S/C22H24N4O7/c27-18(2-1-3-19(28)29)24-14-9-30-21-15(10-31-20(14)21)26-22-23-7-6-13(25-22)12-4-5-16-17(8-12)33-11-32-16/h4-8,14-15,20-21H,1-3,9-11H2,(H,24,27)(H,28,29)(H,23,25,26)/p-1/t14-,15-,20+,21+/m0/s1. The third-order valence-corrected chi connectivity index (χ3v) is 5.82. The van der Waals surface area contributed by atoms with Gasteiger partial charge in [-0.3, -0.25) is 4.79 Å². The van der Waals surface area contributed by atoms with E-state index in [1.807, 2.05) is 24.3 Å². The normalized spacial score (nSPS) is 25.0. The third-order valence-electron chi connectivity index (χ3n) is 5.82. The van der Waals surface area contributed by atoms with Gasteiger partial charge in [0.25, 0.3) is 0 Å². The highest BCUT2D eigenvalue weighted by atomic mass is 16.7. The quantitative estimate of drug-likeness (QED) is 0.552. The molecule has 2 aromatic rings. The van der Waals surface area contributed by atoms with Crippen molar-refractivity contribution in [2.24, 2.45) is 0 Å². The Balaban J connectivity index is 1.19. The van der Waals surface area contributed by atoms with Crippen LogP contribution in [-0.2, 0) is 19.1 Å². The predicted octanol–water partition coefficient (Wildman–Crippen LogP) is -0.145. The molecule has 0 unspecified atom stereocenters. The largest absolute Gasteiger partial charge is 0.550 e. The molecule has 0 bridgehead atoms. The minimum absolute atomic E-state index is 0.115. The number of amides is 1. The monoisotopic (exact) mass is 455 g/mol. The van der Waals surface area contributed by atoms with Crippen LogP contribution in [0.2, 0.25) is 0 Å². The Morgan fingerprint density at radius 1 is 1.03 bits per heavy atom. The molecule has 0 spiro atoms. The number of anilines is 1. The highest BCUT2D eigenvalue weighted by Gasteiger charge is 2.48. The number of aliphatic carboxylic acids is 1. The van der Waals surface area contributed by atoms with Crippen LogP contribution < -0.4 is 25.2 Å². The van der Waals surface area contributed by atoms with Crippen molar-refractivity contribution >= 4 is 17.8 Å². The molecule has 3 aliphatic heterocycles. The number of ether oxygens (including phenoxy) is 4. The van der Waals surface area contributed by atoms with Gasteiger partial charge >= 0.3 is 0 Å². The molecule has 1 amide bonds. The van der Waals surface area contributed by atoms with Crippen LogP contribution in [0.5, 0.6) is 11.5 Å². The van der Waals surface area contributed by atoms with Gasteiger partial charge in [0, 0.05) is 24.2 Å². The Labute approximate surface area is 189 Å². The Kier molecular flexibility index (Phi) is 5.97. The van der Waals surface area contributed by atoms with Crippen LogP contribution in [0.3, 0.4) is 0 Å². The van der Waals surface area contributed by atoms with Crippen LogP contribution in [-0.4, -0.2) is 66.1 Å². The fourth-order valence-electron chi connectivity index (χ4n) is 4.23. The number of nitrogens with zero attached hydrogens (tertiary/aromatic N) is 2. The second kappa shape index (κ2) is 9.20. The topological polar surface area (TPSA) is 144 Å². The highest BCUT2D eigenvalue weighted by molar-refractivity contribution is 5.77. The van der Waals surface area contributed by atoms with Crippen molar-refractivity contribution in [3.63, 3.8) is 0 Å². The smallest absolute Gasteiger partial charge is 0.231 e. The van der Waals surface area contributed by atoms with E-state index in [4.69, 9.17) is 18.9 Å². The lowest BCUT2D eigenvalue weighted by Crippen LogP contribution is -2.44. The van der Waals surface area contributed by atoms with Gasteiger partial charge in [0.2, 0.25) is 18.6 Å². The lowest BCUT2D eigenvalue weighted by Gasteiger charge is -2.18. The maximum Gasteiger partial charge on any atom is 0.231 e. The van der Waals surface area contributed by atoms with Crippen molar-refractivity contribution in [2.45, 2.75) is 43.6 Å². The van der Waals surface area contributed by atoms with Crippen LogP contribution >= 0.6 is 0 Å². The molecule has 174 valence electrons. The first-order chi connectivity index (χ1) is 16.1. The van der Waals surface area contributed by atoms with Crippen molar-refractivity contribution in [3.05, 3.63) is 30.5 Å². The summed E-state index contributed by atoms with van der Waals surface area (Å²) >= 11 is 0. The van der Waals surface area contributed by atoms with E-state index >= 15 is 0 Å². The molecule has 2 N–H and O–H groups in total. The Bertz CT molecular complexity index is 1050. The number of rotatable bonds is 8. The van der Waals surface area contributed by atoms with E-state index in [0.717, 1.165) is 11.3 Å². The highest BCUT2D eigenvalue weighted by Crippen LogP contribution is 2.35. The van der Waals surface area contributed by atoms with Crippen LogP contribution in [0.15, 0.2) is 30.5 Å². The molecule has 1 aromatic heterocycles. The number of carbonyl (C=O) groups excluding carboxylic acids is 2. The summed E-state index contributed by atoms with van der Waals surface area (Å²) in [7, 11) is 0. The molecular formula is C22H23N4O7-. The number of fused-ring (bicyclic) bond motifs is 2. The number of carboxylic acids is 1. The Morgan fingerprint density at radius 3 is 2.67 bits per heavy atom. The molecule has 5 rings (SSSR count). The zero-order valence-corrected chi connectivity index (χ0v) is 17.7. The fourth-order valence-corrected chi connectivity index (χ4v) is 4.23. The van der Waals surface area contributed by atoms with Crippen molar-refractivity contribution in [1.29, 1.82) is 0 Å². The zero-order valence-electron chi connectivity index (χ0n) is 17.7. The zero-order chi connectivity index (χ0) is 22.8. The van der Waals surface area contributed by atoms with Crippen LogP contribution in [0.4, 0.5) is 5.95 Å². The predicted molar refractivity (Wildman–Crippen MR) is 111 cm³/mol. The second-order valence-corrected chi connectivity index (χ2v) is 8.08. The SMILES string of the molecule is O=C([O-])CCCC(=O)N[C@H]1CO[C@H]2[C@@H]1OC[C@@H]2Nc1nccc(-c2ccc3c(c2)OCO3)n1. The summed E-state index contributed by atoms with van der Waals surface area (Å²) in [5.41, 5.74) is 1.61. The lowest BCUT2D eigenvalue weighted by atomic mass is 10.1. The molecule has 3 aliphatic rings. The number of carbonyl (C=O) groups is 2. The first-order valence-electron chi connectivity index (χ1n) is 10.8. The first-order valence-corrected chi connectivity index (χ1v) is 10.8. The fraction of sp³-hybridized carbons (Fsp3) is 0.455. The van der Waals surface area contributed by atoms with Gasteiger partial charge in [-0.1, -0.05) is 0 Å². The average molecular weight is 455 g/mol. The van der Waals surface area contributed by atoms with Gasteiger partial charge in [0.1, 0.15) is 12.2 Å². The van der Waals surface area contributed by atoms with E-state index in [9.17, 15) is 14.7 Å². The summed E-state index contributed by atoms with van der Waals surface area (Å²) in [6.07, 6.45) is 1.31. The van der Waals surface area contributed by atoms with Gasteiger partial charge in [-0.15, -0.1) is 0 Å². The summed E-state index contributed by atoms with van der Waals surface area (Å²) in [6.45, 7) is 0.905. The number of hydrogen-bond acceptors (Lipinski definition) is 10. The van der Waals surface area contributed by atoms with Gasteiger partial charge in [-0.25, -0.2) is 9.97 Å². The summed E-state index contributed by atoms with van der Waals surface area (Å²) in [5, 5.41) is 16.7. The minimum atomic E-state index is -1.16. The summed E-state index contributed by atoms with van der Waals surface area (Å²) < 4.78 is 22.6. The van der Waals surface area contributed by atoms with Gasteiger partial charge in [0.15, 0.2) is 11.5 Å². The first kappa shape index (κ1) is 21.4. The van der Waals surface area contributed by atoms with Gasteiger partial charge in [-0.05, 0) is 37.1 Å². The molecule has 4 heterocycles. The number of nitrogens with one attached hydrogen (secondary N) is 2. The van der Waals surface area contributed by atoms with Gasteiger partial charge < -0.3 is 39.5 Å². The summed E-state index contributed by atoms with van der Waals surface area (Å²) in [4.78, 5) is 31.5. The van der Waals surface area contributed by atoms with E-state index in [0.29, 0.717) is 30.7 Å². The van der Waals surface area contributed by atoms with Crippen molar-refractivity contribution in [2.75, 3.05) is 25.3 Å². The molecule has 33 heavy (non-hydrogen) atoms. The lowest BCUT2D eigenvalue weighted by molar-refractivity contribution is -0.305. The Hall–Kier alpha value is -3.44. The van der Waals surface area contributed by atoms with E-state index in [1.54, 1.807) is 6.20 Å². The van der Waals surface area contributed by atoms with E-state index in [2.05, 4.69) is 20.6 Å². The molecular weight excluding hydrogens is 432 g/mol. The molecule has 0 aliphatic carbocycles. The molecule has 0 radical (unpaired) electrons. The minimum Gasteiger partial charge on any atom is -0.550 e. The van der Waals surface area contributed by atoms with Crippen LogP contribution in [0, 0.1) is 0 Å². The average Bonchev–Trinajstić information content (AvgIpc) is 3.52. The molecule has 2 fully saturated rings. The molecule has 0 saturated carbocycles. The van der Waals surface area contributed by atoms with Gasteiger partial charge in [-0.2, -0.15) is 0 Å². The van der Waals surface area contributed by atoms with Crippen molar-refractivity contribution in [3.8, 4) is 22.8 Å². The molecule has 2 saturated heterocycles. The number of benzene rings is 1. The maximum atomic E-state index is 12.1. The summed E-state index contributed by atoms with van der Waals surface area (Å²) in [5.74, 6) is 0.437. The third kappa shape index (κ3) is 4.69. The maximum absolute atomic E-state index is 12.1. The summed E-state index contributed by atoms with van der Waals surface area (Å²) in [6, 6.07) is 6.98.